The summed E-state index contributed by atoms with van der Waals surface area (Å²) in [5, 5.41) is 3.85. The Bertz CT molecular complexity index is 496. The lowest BCUT2D eigenvalue weighted by Crippen LogP contribution is -2.33. The molecule has 3 saturated carbocycles. The van der Waals surface area contributed by atoms with Gasteiger partial charge in [-0.25, -0.2) is 0 Å². The largest absolute Gasteiger partial charge is 0.382 e. The lowest BCUT2D eigenvalue weighted by molar-refractivity contribution is 0.243. The van der Waals surface area contributed by atoms with Crippen LogP contribution in [-0.4, -0.2) is 20.1 Å². The van der Waals surface area contributed by atoms with Crippen LogP contribution in [0.2, 0.25) is 0 Å². The summed E-state index contributed by atoms with van der Waals surface area (Å²) in [5.74, 6) is 4.12. The highest BCUT2D eigenvalue weighted by Crippen LogP contribution is 2.59. The Morgan fingerprint density at radius 2 is 1.90 bits per heavy atom. The van der Waals surface area contributed by atoms with Crippen molar-refractivity contribution in [3.8, 4) is 0 Å². The van der Waals surface area contributed by atoms with Crippen molar-refractivity contribution in [3.63, 3.8) is 0 Å². The van der Waals surface area contributed by atoms with E-state index in [2.05, 4.69) is 48.6 Å². The quantitative estimate of drug-likeness (QED) is 0.893. The fourth-order valence-corrected chi connectivity index (χ4v) is 5.32. The van der Waals surface area contributed by atoms with Crippen LogP contribution in [0.15, 0.2) is 24.3 Å². The molecule has 3 aliphatic carbocycles. The molecule has 2 nitrogen and oxygen atoms in total. The predicted octanol–water partition coefficient (Wildman–Crippen LogP) is 3.99. The summed E-state index contributed by atoms with van der Waals surface area (Å²) in [4.78, 5) is 2.18. The topological polar surface area (TPSA) is 15.3 Å². The van der Waals surface area contributed by atoms with Gasteiger partial charge in [0.05, 0.1) is 0 Å². The number of benzene rings is 1. The van der Waals surface area contributed by atoms with Crippen LogP contribution in [0.25, 0.3) is 0 Å². The third-order valence-corrected chi connectivity index (χ3v) is 6.14. The van der Waals surface area contributed by atoms with Crippen LogP contribution in [0.4, 0.5) is 11.4 Å². The van der Waals surface area contributed by atoms with Crippen molar-refractivity contribution in [1.29, 1.82) is 0 Å². The lowest BCUT2D eigenvalue weighted by atomic mass is 9.79. The number of hydrogen-bond acceptors (Lipinski definition) is 2. The van der Waals surface area contributed by atoms with Crippen molar-refractivity contribution < 1.29 is 0 Å². The summed E-state index contributed by atoms with van der Waals surface area (Å²) in [6.07, 6.45) is 7.43. The molecule has 3 aliphatic rings. The van der Waals surface area contributed by atoms with E-state index in [-0.39, 0.29) is 0 Å². The number of rotatable bonds is 3. The van der Waals surface area contributed by atoms with Crippen molar-refractivity contribution in [2.45, 2.75) is 38.1 Å². The standard InChI is InChI=1S/C18H26N2/c1-20(2)14-6-3-5-13(11-14)19-18-10-12-9-17(18)16-8-4-7-15(12)16/h3,5-6,11-12,15-19H,4,7-10H2,1-2H3. The van der Waals surface area contributed by atoms with Crippen LogP contribution < -0.4 is 10.2 Å². The fourth-order valence-electron chi connectivity index (χ4n) is 5.32. The zero-order chi connectivity index (χ0) is 13.7. The molecule has 0 aromatic heterocycles. The van der Waals surface area contributed by atoms with E-state index in [0.717, 1.165) is 29.7 Å². The Hall–Kier alpha value is -1.18. The molecule has 2 bridgehead atoms. The van der Waals surface area contributed by atoms with Gasteiger partial charge in [-0.1, -0.05) is 12.5 Å². The first-order valence-corrected chi connectivity index (χ1v) is 8.26. The highest BCUT2D eigenvalue weighted by atomic mass is 15.1. The third kappa shape index (κ3) is 1.92. The smallest absolute Gasteiger partial charge is 0.0381 e. The average molecular weight is 270 g/mol. The van der Waals surface area contributed by atoms with Crippen LogP contribution >= 0.6 is 0 Å². The van der Waals surface area contributed by atoms with Crippen LogP contribution in [0.5, 0.6) is 0 Å². The predicted molar refractivity (Wildman–Crippen MR) is 85.2 cm³/mol. The van der Waals surface area contributed by atoms with Crippen LogP contribution in [0, 0.1) is 23.7 Å². The first-order chi connectivity index (χ1) is 9.72. The molecule has 5 unspecified atom stereocenters. The second kappa shape index (κ2) is 4.68. The van der Waals surface area contributed by atoms with Gasteiger partial charge in [-0.15, -0.1) is 0 Å². The number of anilines is 2. The second-order valence-corrected chi connectivity index (χ2v) is 7.35. The minimum Gasteiger partial charge on any atom is -0.382 e. The van der Waals surface area contributed by atoms with E-state index in [1.807, 2.05) is 0 Å². The highest BCUT2D eigenvalue weighted by Gasteiger charge is 2.53. The maximum absolute atomic E-state index is 3.85. The van der Waals surface area contributed by atoms with Gasteiger partial charge < -0.3 is 10.2 Å². The molecule has 0 heterocycles. The summed E-state index contributed by atoms with van der Waals surface area (Å²) in [6.45, 7) is 0. The minimum atomic E-state index is 0.733. The molecule has 1 N–H and O–H groups in total. The third-order valence-electron chi connectivity index (χ3n) is 6.14. The molecule has 20 heavy (non-hydrogen) atoms. The Balaban J connectivity index is 1.49. The maximum atomic E-state index is 3.85. The van der Waals surface area contributed by atoms with E-state index in [1.54, 1.807) is 0 Å². The number of nitrogens with one attached hydrogen (secondary N) is 1. The van der Waals surface area contributed by atoms with Crippen LogP contribution in [0.3, 0.4) is 0 Å². The van der Waals surface area contributed by atoms with Crippen LogP contribution in [0.1, 0.15) is 32.1 Å². The van der Waals surface area contributed by atoms with Gasteiger partial charge in [0.1, 0.15) is 0 Å². The normalized spacial score (nSPS) is 38.0. The highest BCUT2D eigenvalue weighted by molar-refractivity contribution is 5.58. The van der Waals surface area contributed by atoms with E-state index in [1.165, 1.54) is 43.5 Å². The van der Waals surface area contributed by atoms with E-state index < -0.39 is 0 Å². The van der Waals surface area contributed by atoms with Gasteiger partial charge in [-0.05, 0) is 67.6 Å². The maximum Gasteiger partial charge on any atom is 0.0381 e. The van der Waals surface area contributed by atoms with Gasteiger partial charge in [0.2, 0.25) is 0 Å². The molecular weight excluding hydrogens is 244 g/mol. The average Bonchev–Trinajstić information content (AvgIpc) is 3.10. The minimum absolute atomic E-state index is 0.733. The Labute approximate surface area is 122 Å². The summed E-state index contributed by atoms with van der Waals surface area (Å²) in [6, 6.07) is 9.60. The van der Waals surface area contributed by atoms with Crippen molar-refractivity contribution in [3.05, 3.63) is 24.3 Å². The molecule has 1 aromatic carbocycles. The molecular formula is C18H26N2. The van der Waals surface area contributed by atoms with E-state index >= 15 is 0 Å². The molecule has 0 spiro atoms. The molecule has 1 aromatic rings. The molecule has 0 amide bonds. The van der Waals surface area contributed by atoms with E-state index in [4.69, 9.17) is 0 Å². The molecule has 3 fully saturated rings. The molecule has 4 rings (SSSR count). The summed E-state index contributed by atoms with van der Waals surface area (Å²) >= 11 is 0. The van der Waals surface area contributed by atoms with Crippen molar-refractivity contribution in [2.75, 3.05) is 24.3 Å². The number of hydrogen-bond donors (Lipinski definition) is 1. The molecule has 108 valence electrons. The first kappa shape index (κ1) is 12.6. The van der Waals surface area contributed by atoms with Crippen molar-refractivity contribution >= 4 is 11.4 Å². The zero-order valence-corrected chi connectivity index (χ0v) is 12.7. The molecule has 0 saturated heterocycles. The van der Waals surface area contributed by atoms with Crippen molar-refractivity contribution in [1.82, 2.24) is 0 Å². The Morgan fingerprint density at radius 1 is 1.05 bits per heavy atom. The van der Waals surface area contributed by atoms with E-state index in [9.17, 15) is 0 Å². The second-order valence-electron chi connectivity index (χ2n) is 7.35. The molecule has 0 aliphatic heterocycles. The zero-order valence-electron chi connectivity index (χ0n) is 12.7. The first-order valence-electron chi connectivity index (χ1n) is 8.26. The molecule has 0 radical (unpaired) electrons. The van der Waals surface area contributed by atoms with Gasteiger partial charge in [0.15, 0.2) is 0 Å². The van der Waals surface area contributed by atoms with E-state index in [0.29, 0.717) is 0 Å². The monoisotopic (exact) mass is 270 g/mol. The van der Waals surface area contributed by atoms with Gasteiger partial charge >= 0.3 is 0 Å². The molecule has 5 atom stereocenters. The number of nitrogens with zero attached hydrogens (tertiary/aromatic N) is 1. The van der Waals surface area contributed by atoms with Gasteiger partial charge in [0.25, 0.3) is 0 Å². The Kier molecular flexibility index (Phi) is 2.94. The van der Waals surface area contributed by atoms with Gasteiger partial charge in [0, 0.05) is 31.5 Å². The van der Waals surface area contributed by atoms with Gasteiger partial charge in [-0.3, -0.25) is 0 Å². The summed E-state index contributed by atoms with van der Waals surface area (Å²) in [5.41, 5.74) is 2.60. The van der Waals surface area contributed by atoms with Gasteiger partial charge in [-0.2, -0.15) is 0 Å². The molecule has 2 heteroatoms. The summed E-state index contributed by atoms with van der Waals surface area (Å²) in [7, 11) is 4.22. The lowest BCUT2D eigenvalue weighted by Gasteiger charge is -2.33. The SMILES string of the molecule is CN(C)c1cccc(NC2CC3CC2C2CCCC32)c1. The Morgan fingerprint density at radius 3 is 2.75 bits per heavy atom. The number of fused-ring (bicyclic) bond motifs is 5. The van der Waals surface area contributed by atoms with Crippen LogP contribution in [-0.2, 0) is 0 Å². The van der Waals surface area contributed by atoms with Crippen molar-refractivity contribution in [2.24, 2.45) is 23.7 Å². The summed E-state index contributed by atoms with van der Waals surface area (Å²) < 4.78 is 0. The fraction of sp³-hybridized carbons (Fsp3) is 0.667.